The number of aromatic nitrogens is 3. The molecule has 0 saturated carbocycles. The van der Waals surface area contributed by atoms with E-state index in [1.165, 1.54) is 0 Å². The first-order valence-corrected chi connectivity index (χ1v) is 9.98. The Kier molecular flexibility index (Phi) is 5.92. The minimum Gasteiger partial charge on any atom is -0.396 e. The summed E-state index contributed by atoms with van der Waals surface area (Å²) >= 11 is 12.2. The Morgan fingerprint density at radius 3 is 2.57 bits per heavy atom. The average Bonchev–Trinajstić information content (AvgIpc) is 2.74. The maximum absolute atomic E-state index is 9.15. The molecule has 1 aromatic carbocycles. The zero-order valence-corrected chi connectivity index (χ0v) is 16.7. The Morgan fingerprint density at radius 1 is 1.00 bits per heavy atom. The quantitative estimate of drug-likeness (QED) is 0.679. The molecule has 6 nitrogen and oxygen atoms in total. The summed E-state index contributed by atoms with van der Waals surface area (Å²) in [5, 5.41) is 10.2. The predicted octanol–water partition coefficient (Wildman–Crippen LogP) is 3.76. The fourth-order valence-corrected chi connectivity index (χ4v) is 3.50. The van der Waals surface area contributed by atoms with Crippen LogP contribution in [0, 0.1) is 0 Å². The molecule has 146 valence electrons. The molecule has 0 unspecified atom stereocenters. The molecule has 3 heterocycles. The molecule has 0 amide bonds. The molecular weight excluding hydrogens is 399 g/mol. The number of nitrogens with zero attached hydrogens (tertiary/aromatic N) is 4. The van der Waals surface area contributed by atoms with Gasteiger partial charge in [0.1, 0.15) is 11.3 Å². The van der Waals surface area contributed by atoms with Crippen LogP contribution in [0.3, 0.4) is 0 Å². The van der Waals surface area contributed by atoms with Crippen LogP contribution in [0.15, 0.2) is 30.3 Å². The van der Waals surface area contributed by atoms with Gasteiger partial charge in [-0.25, -0.2) is 15.0 Å². The number of morpholine rings is 1. The molecular formula is C20H20Cl2N4O2. The second kappa shape index (κ2) is 8.57. The SMILES string of the molecule is OCCCc1nc(N2CCOCC2)c2nc(-c3ccc(Cl)c(Cl)c3)ccc2n1. The van der Waals surface area contributed by atoms with Gasteiger partial charge in [0.25, 0.3) is 0 Å². The summed E-state index contributed by atoms with van der Waals surface area (Å²) in [5.74, 6) is 1.52. The van der Waals surface area contributed by atoms with Crippen molar-refractivity contribution in [2.45, 2.75) is 12.8 Å². The average molecular weight is 419 g/mol. The van der Waals surface area contributed by atoms with Gasteiger partial charge in [0.2, 0.25) is 0 Å². The van der Waals surface area contributed by atoms with E-state index in [0.29, 0.717) is 41.9 Å². The number of hydrogen-bond acceptors (Lipinski definition) is 6. The van der Waals surface area contributed by atoms with Gasteiger partial charge in [-0.1, -0.05) is 29.3 Å². The van der Waals surface area contributed by atoms with Crippen LogP contribution in [0.5, 0.6) is 0 Å². The van der Waals surface area contributed by atoms with E-state index in [2.05, 4.69) is 9.88 Å². The molecule has 3 aromatic rings. The van der Waals surface area contributed by atoms with Crippen molar-refractivity contribution in [3.05, 3.63) is 46.2 Å². The van der Waals surface area contributed by atoms with Gasteiger partial charge in [0.05, 0.1) is 34.5 Å². The van der Waals surface area contributed by atoms with Crippen molar-refractivity contribution >= 4 is 40.1 Å². The lowest BCUT2D eigenvalue weighted by atomic mass is 10.1. The van der Waals surface area contributed by atoms with Crippen LogP contribution >= 0.6 is 23.2 Å². The molecule has 4 rings (SSSR count). The molecule has 1 fully saturated rings. The highest BCUT2D eigenvalue weighted by Crippen LogP contribution is 2.30. The molecule has 1 aliphatic rings. The summed E-state index contributed by atoms with van der Waals surface area (Å²) in [6, 6.07) is 9.35. The van der Waals surface area contributed by atoms with E-state index >= 15 is 0 Å². The second-order valence-corrected chi connectivity index (χ2v) is 7.40. The predicted molar refractivity (Wildman–Crippen MR) is 111 cm³/mol. The fraction of sp³-hybridized carbons (Fsp3) is 0.350. The number of ether oxygens (including phenoxy) is 1. The summed E-state index contributed by atoms with van der Waals surface area (Å²) < 4.78 is 5.48. The first kappa shape index (κ1) is 19.3. The van der Waals surface area contributed by atoms with E-state index in [9.17, 15) is 0 Å². The smallest absolute Gasteiger partial charge is 0.159 e. The van der Waals surface area contributed by atoms with E-state index in [-0.39, 0.29) is 6.61 Å². The Hall–Kier alpha value is -1.99. The van der Waals surface area contributed by atoms with E-state index in [1.807, 2.05) is 24.3 Å². The highest BCUT2D eigenvalue weighted by atomic mass is 35.5. The third kappa shape index (κ3) is 4.05. The van der Waals surface area contributed by atoms with Crippen LogP contribution in [-0.4, -0.2) is 53.0 Å². The van der Waals surface area contributed by atoms with Gasteiger partial charge in [-0.15, -0.1) is 0 Å². The van der Waals surface area contributed by atoms with Gasteiger partial charge >= 0.3 is 0 Å². The van der Waals surface area contributed by atoms with Crippen LogP contribution in [0.4, 0.5) is 5.82 Å². The highest BCUT2D eigenvalue weighted by molar-refractivity contribution is 6.42. The van der Waals surface area contributed by atoms with Gasteiger partial charge < -0.3 is 14.7 Å². The van der Waals surface area contributed by atoms with Crippen molar-refractivity contribution in [1.29, 1.82) is 0 Å². The van der Waals surface area contributed by atoms with Gasteiger partial charge in [0.15, 0.2) is 5.82 Å². The number of hydrogen-bond donors (Lipinski definition) is 1. The van der Waals surface area contributed by atoms with Crippen molar-refractivity contribution in [3.63, 3.8) is 0 Å². The lowest BCUT2D eigenvalue weighted by Crippen LogP contribution is -2.37. The monoisotopic (exact) mass is 418 g/mol. The molecule has 0 aliphatic carbocycles. The van der Waals surface area contributed by atoms with Crippen LogP contribution in [0.25, 0.3) is 22.3 Å². The first-order valence-electron chi connectivity index (χ1n) is 9.22. The van der Waals surface area contributed by atoms with Crippen molar-refractivity contribution in [1.82, 2.24) is 15.0 Å². The number of halogens is 2. The fourth-order valence-electron chi connectivity index (χ4n) is 3.21. The van der Waals surface area contributed by atoms with Crippen molar-refractivity contribution < 1.29 is 9.84 Å². The van der Waals surface area contributed by atoms with Gasteiger partial charge in [-0.3, -0.25) is 0 Å². The zero-order valence-electron chi connectivity index (χ0n) is 15.2. The first-order chi connectivity index (χ1) is 13.7. The number of anilines is 1. The molecule has 0 radical (unpaired) electrons. The van der Waals surface area contributed by atoms with Crippen LogP contribution in [0.1, 0.15) is 12.2 Å². The molecule has 0 bridgehead atoms. The molecule has 1 aliphatic heterocycles. The summed E-state index contributed by atoms with van der Waals surface area (Å²) in [4.78, 5) is 16.4. The van der Waals surface area contributed by atoms with Crippen LogP contribution < -0.4 is 4.90 Å². The zero-order chi connectivity index (χ0) is 19.5. The molecule has 28 heavy (non-hydrogen) atoms. The number of aliphatic hydroxyl groups is 1. The van der Waals surface area contributed by atoms with Crippen molar-refractivity contribution in [2.24, 2.45) is 0 Å². The minimum atomic E-state index is 0.114. The lowest BCUT2D eigenvalue weighted by Gasteiger charge is -2.28. The minimum absolute atomic E-state index is 0.114. The van der Waals surface area contributed by atoms with E-state index in [4.69, 9.17) is 43.0 Å². The summed E-state index contributed by atoms with van der Waals surface area (Å²) in [6.07, 6.45) is 1.25. The number of aryl methyl sites for hydroxylation is 1. The van der Waals surface area contributed by atoms with Crippen molar-refractivity contribution in [2.75, 3.05) is 37.8 Å². The van der Waals surface area contributed by atoms with Gasteiger partial charge in [-0.2, -0.15) is 0 Å². The topological polar surface area (TPSA) is 71.4 Å². The van der Waals surface area contributed by atoms with E-state index in [0.717, 1.165) is 41.2 Å². The Morgan fingerprint density at radius 2 is 1.82 bits per heavy atom. The summed E-state index contributed by atoms with van der Waals surface area (Å²) in [6.45, 7) is 2.94. The Bertz CT molecular complexity index is 993. The molecule has 1 N–H and O–H groups in total. The molecule has 2 aromatic heterocycles. The number of pyridine rings is 1. The number of fused-ring (bicyclic) bond motifs is 1. The number of aliphatic hydroxyl groups excluding tert-OH is 1. The maximum Gasteiger partial charge on any atom is 0.159 e. The highest BCUT2D eigenvalue weighted by Gasteiger charge is 2.19. The standard InChI is InChI=1S/C20H20Cl2N4O2/c21-14-4-3-13(12-15(14)22)16-5-6-17-19(24-16)20(26-7-10-28-11-8-26)25-18(23-17)2-1-9-27/h3-6,12,27H,1-2,7-11H2. The molecule has 0 spiro atoms. The van der Waals surface area contributed by atoms with Gasteiger partial charge in [-0.05, 0) is 30.7 Å². The third-order valence-electron chi connectivity index (χ3n) is 4.65. The third-order valence-corrected chi connectivity index (χ3v) is 5.39. The largest absolute Gasteiger partial charge is 0.396 e. The normalized spacial score (nSPS) is 14.6. The summed E-state index contributed by atoms with van der Waals surface area (Å²) in [5.41, 5.74) is 3.20. The Labute approximate surface area is 173 Å². The van der Waals surface area contributed by atoms with E-state index < -0.39 is 0 Å². The molecule has 8 heteroatoms. The number of benzene rings is 1. The van der Waals surface area contributed by atoms with Crippen LogP contribution in [0.2, 0.25) is 10.0 Å². The Balaban J connectivity index is 1.82. The lowest BCUT2D eigenvalue weighted by molar-refractivity contribution is 0.122. The van der Waals surface area contributed by atoms with Crippen molar-refractivity contribution in [3.8, 4) is 11.3 Å². The molecule has 0 atom stereocenters. The molecule has 1 saturated heterocycles. The van der Waals surface area contributed by atoms with Crippen LogP contribution in [-0.2, 0) is 11.2 Å². The van der Waals surface area contributed by atoms with Gasteiger partial charge in [0, 0.05) is 31.7 Å². The van der Waals surface area contributed by atoms with E-state index in [1.54, 1.807) is 6.07 Å². The second-order valence-electron chi connectivity index (χ2n) is 6.58. The maximum atomic E-state index is 9.15. The summed E-state index contributed by atoms with van der Waals surface area (Å²) in [7, 11) is 0. The number of rotatable bonds is 5.